The van der Waals surface area contributed by atoms with Crippen LogP contribution in [0.25, 0.3) is 10.9 Å². The summed E-state index contributed by atoms with van der Waals surface area (Å²) in [6.07, 6.45) is 8.93. The van der Waals surface area contributed by atoms with Gasteiger partial charge in [0.2, 0.25) is 11.8 Å². The monoisotopic (exact) mass is 498 g/mol. The number of H-pyrrole nitrogens is 1. The quantitative estimate of drug-likeness (QED) is 0.416. The number of carbonyl (C=O) groups is 4. The van der Waals surface area contributed by atoms with Gasteiger partial charge in [0.1, 0.15) is 17.7 Å². The number of hydrogen-bond donors (Lipinski definition) is 4. The number of benzene rings is 1. The molecule has 2 heterocycles. The fraction of sp³-hybridized carbons (Fsp3) is 0.556. The number of hydrogen-bond acceptors (Lipinski definition) is 5. The number of aldehydes is 1. The molecule has 196 valence electrons. The molecule has 2 aromatic rings. The molecular formula is C27H38N4O5. The molecule has 0 radical (unpaired) electrons. The number of amides is 3. The summed E-state index contributed by atoms with van der Waals surface area (Å²) in [6.45, 7) is 4.57. The molecule has 4 N–H and O–H groups in total. The van der Waals surface area contributed by atoms with E-state index in [-0.39, 0.29) is 24.8 Å². The number of aromatic nitrogens is 1. The van der Waals surface area contributed by atoms with Gasteiger partial charge in [-0.25, -0.2) is 0 Å². The van der Waals surface area contributed by atoms with Crippen LogP contribution >= 0.6 is 0 Å². The summed E-state index contributed by atoms with van der Waals surface area (Å²) >= 11 is 0. The van der Waals surface area contributed by atoms with Gasteiger partial charge >= 0.3 is 0 Å². The SMILES string of the molecule is CC1CCCCC1.COc1cc(C)cc2[nH]c(C(=O)NCC(=O)NC(C=O)CC3CCNC3=O)cc12. The second-order valence-electron chi connectivity index (χ2n) is 9.86. The van der Waals surface area contributed by atoms with Crippen LogP contribution in [0.5, 0.6) is 5.75 Å². The maximum atomic E-state index is 12.4. The normalized spacial score (nSPS) is 18.5. The maximum absolute atomic E-state index is 12.4. The van der Waals surface area contributed by atoms with Crippen molar-refractivity contribution in [3.63, 3.8) is 0 Å². The minimum Gasteiger partial charge on any atom is -0.496 e. The van der Waals surface area contributed by atoms with Crippen molar-refractivity contribution in [2.45, 2.75) is 64.8 Å². The van der Waals surface area contributed by atoms with E-state index in [0.717, 1.165) is 22.4 Å². The Morgan fingerprint density at radius 2 is 1.92 bits per heavy atom. The minimum atomic E-state index is -0.770. The fourth-order valence-corrected chi connectivity index (χ4v) is 4.78. The molecule has 0 spiro atoms. The van der Waals surface area contributed by atoms with Gasteiger partial charge in [0.25, 0.3) is 5.91 Å². The first-order chi connectivity index (χ1) is 17.3. The summed E-state index contributed by atoms with van der Waals surface area (Å²) < 4.78 is 5.34. The average molecular weight is 499 g/mol. The molecule has 3 amide bonds. The second-order valence-corrected chi connectivity index (χ2v) is 9.86. The van der Waals surface area contributed by atoms with Crippen molar-refractivity contribution >= 4 is 34.9 Å². The van der Waals surface area contributed by atoms with E-state index in [0.29, 0.717) is 30.7 Å². The topological polar surface area (TPSA) is 129 Å². The van der Waals surface area contributed by atoms with Crippen molar-refractivity contribution in [2.24, 2.45) is 11.8 Å². The van der Waals surface area contributed by atoms with E-state index in [2.05, 4.69) is 27.9 Å². The Kier molecular flexibility index (Phi) is 9.90. The van der Waals surface area contributed by atoms with Gasteiger partial charge in [0, 0.05) is 23.4 Å². The Bertz CT molecular complexity index is 1070. The van der Waals surface area contributed by atoms with E-state index in [9.17, 15) is 19.2 Å². The Hall–Kier alpha value is -3.36. The lowest BCUT2D eigenvalue weighted by atomic mass is 9.91. The summed E-state index contributed by atoms with van der Waals surface area (Å²) in [6, 6.07) is 4.66. The van der Waals surface area contributed by atoms with Crippen molar-refractivity contribution in [1.29, 1.82) is 0 Å². The van der Waals surface area contributed by atoms with E-state index in [1.807, 2.05) is 19.1 Å². The molecule has 1 saturated heterocycles. The van der Waals surface area contributed by atoms with Crippen LogP contribution in [0.15, 0.2) is 18.2 Å². The fourth-order valence-electron chi connectivity index (χ4n) is 4.78. The van der Waals surface area contributed by atoms with E-state index in [1.54, 1.807) is 13.2 Å². The molecule has 9 heteroatoms. The standard InChI is InChI=1S/C20H24N4O5.C7H14/c1-11-5-15-14(17(6-11)29-2)8-16(24-15)20(28)22-9-18(26)23-13(10-25)7-12-3-4-21-19(12)27;1-7-5-3-2-4-6-7/h5-6,8,10,12-13,24H,3-4,7,9H2,1-2H3,(H,21,27)(H,22,28)(H,23,26);7H,2-6H2,1H3. The van der Waals surface area contributed by atoms with Crippen LogP contribution in [0.1, 0.15) is 67.9 Å². The predicted octanol–water partition coefficient (Wildman–Crippen LogP) is 3.01. The van der Waals surface area contributed by atoms with E-state index < -0.39 is 17.9 Å². The Balaban J connectivity index is 0.000000444. The lowest BCUT2D eigenvalue weighted by Gasteiger charge is -2.15. The van der Waals surface area contributed by atoms with Crippen molar-refractivity contribution in [2.75, 3.05) is 20.2 Å². The average Bonchev–Trinajstić information content (AvgIpc) is 3.48. The zero-order valence-corrected chi connectivity index (χ0v) is 21.4. The number of nitrogens with one attached hydrogen (secondary N) is 4. The van der Waals surface area contributed by atoms with Crippen LogP contribution in [0, 0.1) is 18.8 Å². The molecule has 1 saturated carbocycles. The van der Waals surface area contributed by atoms with E-state index in [1.165, 1.54) is 32.1 Å². The molecular weight excluding hydrogens is 460 g/mol. The number of ether oxygens (including phenoxy) is 1. The van der Waals surface area contributed by atoms with Gasteiger partial charge in [-0.3, -0.25) is 14.4 Å². The number of methoxy groups -OCH3 is 1. The zero-order chi connectivity index (χ0) is 26.1. The molecule has 2 aliphatic rings. The first-order valence-electron chi connectivity index (χ1n) is 12.8. The highest BCUT2D eigenvalue weighted by Gasteiger charge is 2.27. The maximum Gasteiger partial charge on any atom is 0.268 e. The number of aromatic amines is 1. The highest BCUT2D eigenvalue weighted by Crippen LogP contribution is 2.28. The third-order valence-corrected chi connectivity index (χ3v) is 6.82. The molecule has 2 atom stereocenters. The van der Waals surface area contributed by atoms with Crippen molar-refractivity contribution in [3.8, 4) is 5.75 Å². The molecule has 2 fully saturated rings. The smallest absolute Gasteiger partial charge is 0.268 e. The molecule has 9 nitrogen and oxygen atoms in total. The molecule has 1 aromatic heterocycles. The molecule has 2 unspecified atom stereocenters. The summed E-state index contributed by atoms with van der Waals surface area (Å²) in [5.74, 6) is 0.340. The molecule has 1 aliphatic heterocycles. The van der Waals surface area contributed by atoms with Crippen LogP contribution in [-0.2, 0) is 14.4 Å². The lowest BCUT2D eigenvalue weighted by molar-refractivity contribution is -0.125. The highest BCUT2D eigenvalue weighted by molar-refractivity contribution is 6.01. The molecule has 4 rings (SSSR count). The van der Waals surface area contributed by atoms with Crippen molar-refractivity contribution in [1.82, 2.24) is 20.9 Å². The van der Waals surface area contributed by atoms with Crippen LogP contribution in [0.4, 0.5) is 0 Å². The van der Waals surface area contributed by atoms with E-state index in [4.69, 9.17) is 4.74 Å². The van der Waals surface area contributed by atoms with Gasteiger partial charge in [-0.1, -0.05) is 39.0 Å². The third-order valence-electron chi connectivity index (χ3n) is 6.82. The number of carbonyl (C=O) groups excluding carboxylic acids is 4. The lowest BCUT2D eigenvalue weighted by Crippen LogP contribution is -2.44. The predicted molar refractivity (Wildman–Crippen MR) is 138 cm³/mol. The Morgan fingerprint density at radius 1 is 1.17 bits per heavy atom. The van der Waals surface area contributed by atoms with Crippen LogP contribution in [-0.4, -0.2) is 55.2 Å². The largest absolute Gasteiger partial charge is 0.496 e. The van der Waals surface area contributed by atoms with Gasteiger partial charge in [-0.15, -0.1) is 0 Å². The van der Waals surface area contributed by atoms with Gasteiger partial charge in [-0.2, -0.15) is 0 Å². The summed E-state index contributed by atoms with van der Waals surface area (Å²) in [4.78, 5) is 50.4. The first kappa shape index (κ1) is 27.2. The summed E-state index contributed by atoms with van der Waals surface area (Å²) in [5.41, 5.74) is 2.04. The minimum absolute atomic E-state index is 0.108. The van der Waals surface area contributed by atoms with Gasteiger partial charge in [0.15, 0.2) is 0 Å². The number of aryl methyl sites for hydroxylation is 1. The zero-order valence-electron chi connectivity index (χ0n) is 21.4. The molecule has 0 bridgehead atoms. The number of rotatable bonds is 8. The third kappa shape index (κ3) is 7.57. The molecule has 36 heavy (non-hydrogen) atoms. The van der Waals surface area contributed by atoms with Gasteiger partial charge in [0.05, 0.1) is 19.7 Å². The summed E-state index contributed by atoms with van der Waals surface area (Å²) in [7, 11) is 1.56. The Morgan fingerprint density at radius 3 is 2.50 bits per heavy atom. The number of fused-ring (bicyclic) bond motifs is 1. The van der Waals surface area contributed by atoms with Gasteiger partial charge < -0.3 is 30.5 Å². The Labute approximate surface area is 212 Å². The highest BCUT2D eigenvalue weighted by atomic mass is 16.5. The van der Waals surface area contributed by atoms with Crippen LogP contribution < -0.4 is 20.7 Å². The second kappa shape index (κ2) is 13.1. The van der Waals surface area contributed by atoms with Crippen molar-refractivity contribution < 1.29 is 23.9 Å². The van der Waals surface area contributed by atoms with Crippen molar-refractivity contribution in [3.05, 3.63) is 29.5 Å². The summed E-state index contributed by atoms with van der Waals surface area (Å²) in [5, 5.41) is 8.53. The first-order valence-corrected chi connectivity index (χ1v) is 12.8. The molecule has 1 aliphatic carbocycles. The van der Waals surface area contributed by atoms with Crippen LogP contribution in [0.3, 0.4) is 0 Å². The van der Waals surface area contributed by atoms with E-state index >= 15 is 0 Å². The molecule has 1 aromatic carbocycles. The van der Waals surface area contributed by atoms with Gasteiger partial charge in [-0.05, 0) is 49.4 Å². The van der Waals surface area contributed by atoms with Crippen LogP contribution in [0.2, 0.25) is 0 Å².